The van der Waals surface area contributed by atoms with Crippen molar-refractivity contribution in [3.8, 4) is 11.1 Å². The third-order valence-corrected chi connectivity index (χ3v) is 4.56. The predicted molar refractivity (Wildman–Crippen MR) is 100 cm³/mol. The summed E-state index contributed by atoms with van der Waals surface area (Å²) < 4.78 is 40.7. The molecule has 0 unspecified atom stereocenters. The Hall–Kier alpha value is -2.28. The second-order valence-electron chi connectivity index (χ2n) is 5.98. The highest BCUT2D eigenvalue weighted by Crippen LogP contribution is 2.31. The minimum Gasteiger partial charge on any atom is -0.373 e. The zero-order valence-electron chi connectivity index (χ0n) is 14.0. The van der Waals surface area contributed by atoms with Gasteiger partial charge in [0.15, 0.2) is 0 Å². The summed E-state index contributed by atoms with van der Waals surface area (Å²) in [5.41, 5.74) is 2.05. The monoisotopic (exact) mass is 423 g/mol. The van der Waals surface area contributed by atoms with Gasteiger partial charge in [0.2, 0.25) is 0 Å². The van der Waals surface area contributed by atoms with Crippen molar-refractivity contribution in [3.63, 3.8) is 0 Å². The first-order valence-electron chi connectivity index (χ1n) is 7.99. The molecule has 0 atom stereocenters. The van der Waals surface area contributed by atoms with Gasteiger partial charge in [-0.3, -0.25) is 0 Å². The predicted octanol–water partition coefficient (Wildman–Crippen LogP) is 5.47. The quantitative estimate of drug-likeness (QED) is 0.542. The van der Waals surface area contributed by atoms with Crippen molar-refractivity contribution in [2.24, 2.45) is 0 Å². The van der Waals surface area contributed by atoms with E-state index in [1.54, 1.807) is 6.33 Å². The van der Waals surface area contributed by atoms with Crippen LogP contribution in [0, 0.1) is 0 Å². The van der Waals surface area contributed by atoms with Crippen molar-refractivity contribution in [2.75, 3.05) is 18.5 Å². The molecule has 0 fully saturated rings. The molecular weight excluding hydrogens is 407 g/mol. The molecule has 0 bridgehead atoms. The van der Waals surface area contributed by atoms with Crippen molar-refractivity contribution in [1.29, 1.82) is 0 Å². The van der Waals surface area contributed by atoms with E-state index in [2.05, 4.69) is 25.8 Å². The summed E-state index contributed by atoms with van der Waals surface area (Å²) in [6.07, 6.45) is -0.622. The molecule has 1 heterocycles. The Balaban J connectivity index is 1.65. The van der Waals surface area contributed by atoms with E-state index in [-0.39, 0.29) is 0 Å². The number of likely N-dealkylation sites (N-methyl/N-ethyl adjacent to an activating group) is 1. The molecule has 0 N–H and O–H groups in total. The maximum absolute atomic E-state index is 12.6. The van der Waals surface area contributed by atoms with Gasteiger partial charge in [0.1, 0.15) is 4.60 Å². The molecule has 0 aliphatic carbocycles. The lowest BCUT2D eigenvalue weighted by Crippen LogP contribution is -2.22. The molecule has 26 heavy (non-hydrogen) atoms. The molecule has 0 saturated carbocycles. The van der Waals surface area contributed by atoms with Gasteiger partial charge in [0.05, 0.1) is 11.9 Å². The first-order chi connectivity index (χ1) is 12.3. The van der Waals surface area contributed by atoms with Crippen molar-refractivity contribution < 1.29 is 13.2 Å². The highest BCUT2D eigenvalue weighted by molar-refractivity contribution is 9.10. The fourth-order valence-corrected chi connectivity index (χ4v) is 2.96. The molecule has 0 radical (unpaired) electrons. The Morgan fingerprint density at radius 2 is 1.58 bits per heavy atom. The standard InChI is InChI=1S/C19H17BrF3N3/c1-25(10-11-26-12-18(20)24-13-26)17-8-4-15(5-9-17)14-2-6-16(7-3-14)19(21,22)23/h2-9,12-13H,10-11H2,1H3. The number of hydrogen-bond donors (Lipinski definition) is 0. The molecule has 0 aliphatic rings. The first kappa shape index (κ1) is 18.5. The Labute approximate surface area is 158 Å². The van der Waals surface area contributed by atoms with Gasteiger partial charge in [-0.2, -0.15) is 13.2 Å². The minimum absolute atomic E-state index is 0.635. The summed E-state index contributed by atoms with van der Waals surface area (Å²) in [4.78, 5) is 6.24. The maximum Gasteiger partial charge on any atom is 0.416 e. The molecule has 3 nitrogen and oxygen atoms in total. The smallest absolute Gasteiger partial charge is 0.373 e. The number of benzene rings is 2. The van der Waals surface area contributed by atoms with Crippen LogP contribution >= 0.6 is 15.9 Å². The van der Waals surface area contributed by atoms with Gasteiger partial charge in [0.25, 0.3) is 0 Å². The number of halogens is 4. The van der Waals surface area contributed by atoms with E-state index in [1.807, 2.05) is 42.1 Å². The summed E-state index contributed by atoms with van der Waals surface area (Å²) in [6.45, 7) is 1.61. The summed E-state index contributed by atoms with van der Waals surface area (Å²) >= 11 is 3.32. The summed E-state index contributed by atoms with van der Waals surface area (Å²) in [7, 11) is 2.00. The zero-order valence-corrected chi connectivity index (χ0v) is 15.6. The average molecular weight is 424 g/mol. The molecular formula is C19H17BrF3N3. The van der Waals surface area contributed by atoms with Gasteiger partial charge in [-0.1, -0.05) is 24.3 Å². The van der Waals surface area contributed by atoms with Crippen molar-refractivity contribution >= 4 is 21.6 Å². The minimum atomic E-state index is -4.31. The molecule has 3 aromatic rings. The average Bonchev–Trinajstić information content (AvgIpc) is 3.04. The van der Waals surface area contributed by atoms with Gasteiger partial charge in [0, 0.05) is 32.0 Å². The molecule has 0 amide bonds. The molecule has 7 heteroatoms. The van der Waals surface area contributed by atoms with Crippen LogP contribution in [0.4, 0.5) is 18.9 Å². The Morgan fingerprint density at radius 3 is 2.08 bits per heavy atom. The van der Waals surface area contributed by atoms with Crippen LogP contribution in [0.15, 0.2) is 65.7 Å². The Bertz CT molecular complexity index is 855. The van der Waals surface area contributed by atoms with E-state index in [1.165, 1.54) is 12.1 Å². The number of alkyl halides is 3. The van der Waals surface area contributed by atoms with Crippen molar-refractivity contribution in [3.05, 3.63) is 71.2 Å². The van der Waals surface area contributed by atoms with Crippen LogP contribution in [0.1, 0.15) is 5.56 Å². The second kappa shape index (κ2) is 7.53. The lowest BCUT2D eigenvalue weighted by Gasteiger charge is -2.20. The number of hydrogen-bond acceptors (Lipinski definition) is 2. The second-order valence-corrected chi connectivity index (χ2v) is 6.79. The fraction of sp³-hybridized carbons (Fsp3) is 0.211. The van der Waals surface area contributed by atoms with Crippen molar-refractivity contribution in [1.82, 2.24) is 9.55 Å². The van der Waals surface area contributed by atoms with Gasteiger partial charge in [-0.25, -0.2) is 4.98 Å². The van der Waals surface area contributed by atoms with Gasteiger partial charge < -0.3 is 9.47 Å². The molecule has 2 aromatic carbocycles. The lowest BCUT2D eigenvalue weighted by atomic mass is 10.0. The fourth-order valence-electron chi connectivity index (χ4n) is 2.61. The van der Waals surface area contributed by atoms with E-state index < -0.39 is 11.7 Å². The van der Waals surface area contributed by atoms with Gasteiger partial charge in [-0.05, 0) is 51.3 Å². The van der Waals surface area contributed by atoms with Crippen LogP contribution in [0.5, 0.6) is 0 Å². The van der Waals surface area contributed by atoms with Crippen LogP contribution in [-0.4, -0.2) is 23.1 Å². The number of imidazole rings is 1. The van der Waals surface area contributed by atoms with E-state index in [9.17, 15) is 13.2 Å². The third-order valence-electron chi connectivity index (χ3n) is 4.15. The van der Waals surface area contributed by atoms with E-state index in [4.69, 9.17) is 0 Å². The van der Waals surface area contributed by atoms with Gasteiger partial charge in [-0.15, -0.1) is 0 Å². The Morgan fingerprint density at radius 1 is 1.00 bits per heavy atom. The van der Waals surface area contributed by atoms with Crippen LogP contribution in [0.25, 0.3) is 11.1 Å². The highest BCUT2D eigenvalue weighted by atomic mass is 79.9. The van der Waals surface area contributed by atoms with E-state index in [0.717, 1.165) is 46.6 Å². The van der Waals surface area contributed by atoms with Crippen LogP contribution < -0.4 is 4.90 Å². The summed E-state index contributed by atoms with van der Waals surface area (Å²) in [5.74, 6) is 0. The molecule has 3 rings (SSSR count). The highest BCUT2D eigenvalue weighted by Gasteiger charge is 2.29. The summed E-state index contributed by atoms with van der Waals surface area (Å²) in [5, 5.41) is 0. The molecule has 1 aromatic heterocycles. The molecule has 136 valence electrons. The largest absolute Gasteiger partial charge is 0.416 e. The molecule has 0 saturated heterocycles. The number of nitrogens with zero attached hydrogens (tertiary/aromatic N) is 3. The van der Waals surface area contributed by atoms with E-state index in [0.29, 0.717) is 0 Å². The Kier molecular flexibility index (Phi) is 5.36. The number of anilines is 1. The molecule has 0 aliphatic heterocycles. The lowest BCUT2D eigenvalue weighted by molar-refractivity contribution is -0.137. The van der Waals surface area contributed by atoms with Gasteiger partial charge >= 0.3 is 6.18 Å². The topological polar surface area (TPSA) is 21.1 Å². The number of rotatable bonds is 5. The normalized spacial score (nSPS) is 11.6. The third kappa shape index (κ3) is 4.46. The van der Waals surface area contributed by atoms with Crippen LogP contribution in [0.2, 0.25) is 0 Å². The van der Waals surface area contributed by atoms with Crippen molar-refractivity contribution in [2.45, 2.75) is 12.7 Å². The van der Waals surface area contributed by atoms with E-state index >= 15 is 0 Å². The first-order valence-corrected chi connectivity index (χ1v) is 8.78. The number of aromatic nitrogens is 2. The maximum atomic E-state index is 12.6. The zero-order chi connectivity index (χ0) is 18.7. The van der Waals surface area contributed by atoms with Crippen LogP contribution in [-0.2, 0) is 12.7 Å². The van der Waals surface area contributed by atoms with Crippen LogP contribution in [0.3, 0.4) is 0 Å². The summed E-state index contributed by atoms with van der Waals surface area (Å²) in [6, 6.07) is 13.0. The SMILES string of the molecule is CN(CCn1cnc(Br)c1)c1ccc(-c2ccc(C(F)(F)F)cc2)cc1. The molecule has 0 spiro atoms.